The Morgan fingerprint density at radius 1 is 1.09 bits per heavy atom. The van der Waals surface area contributed by atoms with E-state index in [1.54, 1.807) is 4.57 Å². The van der Waals surface area contributed by atoms with E-state index < -0.39 is 6.29 Å². The van der Waals surface area contributed by atoms with Gasteiger partial charge in [-0.2, -0.15) is 0 Å². The molecule has 1 aromatic heterocycles. The molecule has 0 saturated heterocycles. The number of nitrogens with one attached hydrogen (secondary N) is 1. The summed E-state index contributed by atoms with van der Waals surface area (Å²) in [7, 11) is 0. The van der Waals surface area contributed by atoms with Crippen LogP contribution in [0.2, 0.25) is 0 Å². The number of fused-ring (bicyclic) bond motifs is 1. The lowest BCUT2D eigenvalue weighted by Crippen LogP contribution is -2.19. The quantitative estimate of drug-likeness (QED) is 0.397. The van der Waals surface area contributed by atoms with Crippen molar-refractivity contribution in [2.45, 2.75) is 36.8 Å². The molecule has 5 rings (SSSR count). The van der Waals surface area contributed by atoms with Crippen molar-refractivity contribution >= 4 is 11.8 Å². The number of aromatic amines is 1. The van der Waals surface area contributed by atoms with Gasteiger partial charge < -0.3 is 9.47 Å². The van der Waals surface area contributed by atoms with Crippen LogP contribution in [0, 0.1) is 5.82 Å². The first-order valence-corrected chi connectivity index (χ1v) is 11.6. The molecule has 8 heteroatoms. The van der Waals surface area contributed by atoms with E-state index in [0.29, 0.717) is 40.8 Å². The fourth-order valence-electron chi connectivity index (χ4n) is 3.80. The first kappa shape index (κ1) is 21.5. The van der Waals surface area contributed by atoms with Gasteiger partial charge in [-0.05, 0) is 24.1 Å². The summed E-state index contributed by atoms with van der Waals surface area (Å²) in [4.78, 5) is 12.3. The predicted octanol–water partition coefficient (Wildman–Crippen LogP) is 4.85. The zero-order chi connectivity index (χ0) is 22.6. The SMILES string of the molecule is O=c1[nH]nc(SCc2cc(F)cc3c2OC(c2ccccc2)OC3)n1CCc1ccccc1. The molecular formula is C25H22FN3O3S. The Kier molecular flexibility index (Phi) is 6.28. The molecule has 1 aliphatic heterocycles. The number of hydrogen-bond acceptors (Lipinski definition) is 5. The normalized spacial score (nSPS) is 15.1. The molecular weight excluding hydrogens is 441 g/mol. The molecule has 33 heavy (non-hydrogen) atoms. The van der Waals surface area contributed by atoms with Crippen molar-refractivity contribution in [3.8, 4) is 5.75 Å². The molecule has 1 atom stereocenters. The molecule has 0 bridgehead atoms. The van der Waals surface area contributed by atoms with Crippen molar-refractivity contribution in [3.05, 3.63) is 111 Å². The number of hydrogen-bond donors (Lipinski definition) is 1. The largest absolute Gasteiger partial charge is 0.460 e. The zero-order valence-corrected chi connectivity index (χ0v) is 18.6. The Bertz CT molecular complexity index is 1290. The smallest absolute Gasteiger partial charge is 0.343 e. The summed E-state index contributed by atoms with van der Waals surface area (Å²) >= 11 is 1.37. The topological polar surface area (TPSA) is 69.1 Å². The summed E-state index contributed by atoms with van der Waals surface area (Å²) < 4.78 is 27.8. The third-order valence-corrected chi connectivity index (χ3v) is 6.47. The van der Waals surface area contributed by atoms with Gasteiger partial charge in [0.25, 0.3) is 0 Å². The van der Waals surface area contributed by atoms with Gasteiger partial charge in [-0.25, -0.2) is 14.3 Å². The van der Waals surface area contributed by atoms with Crippen LogP contribution in [0.15, 0.2) is 82.7 Å². The maximum atomic E-state index is 14.3. The molecule has 3 aromatic carbocycles. The standard InChI is InChI=1S/C25H22FN3O3S/c26-21-13-19-15-31-23(18-9-5-2-6-10-18)32-22(19)20(14-21)16-33-25-28-27-24(30)29(25)12-11-17-7-3-1-4-8-17/h1-10,13-14,23H,11-12,15-16H2,(H,27,30). The second-order valence-corrected chi connectivity index (χ2v) is 8.65. The van der Waals surface area contributed by atoms with E-state index >= 15 is 0 Å². The van der Waals surface area contributed by atoms with Crippen LogP contribution >= 0.6 is 11.8 Å². The molecule has 0 spiro atoms. The number of aromatic nitrogens is 3. The second-order valence-electron chi connectivity index (χ2n) is 7.71. The Labute approximate surface area is 194 Å². The molecule has 6 nitrogen and oxygen atoms in total. The van der Waals surface area contributed by atoms with E-state index in [9.17, 15) is 9.18 Å². The number of H-pyrrole nitrogens is 1. The van der Waals surface area contributed by atoms with Crippen LogP contribution in [0.25, 0.3) is 0 Å². The molecule has 0 aliphatic carbocycles. The lowest BCUT2D eigenvalue weighted by atomic mass is 10.1. The summed E-state index contributed by atoms with van der Waals surface area (Å²) in [5.41, 5.74) is 3.14. The van der Waals surface area contributed by atoms with Gasteiger partial charge in [0.2, 0.25) is 6.29 Å². The molecule has 0 radical (unpaired) electrons. The van der Waals surface area contributed by atoms with Crippen LogP contribution in [-0.4, -0.2) is 14.8 Å². The number of rotatable bonds is 7. The highest BCUT2D eigenvalue weighted by molar-refractivity contribution is 7.98. The summed E-state index contributed by atoms with van der Waals surface area (Å²) in [6.07, 6.45) is 0.157. The molecule has 2 heterocycles. The van der Waals surface area contributed by atoms with E-state index in [2.05, 4.69) is 10.2 Å². The third-order valence-electron chi connectivity index (χ3n) is 5.44. The van der Waals surface area contributed by atoms with Crippen LogP contribution in [0.1, 0.15) is 28.5 Å². The summed E-state index contributed by atoms with van der Waals surface area (Å²) in [6.45, 7) is 0.762. The van der Waals surface area contributed by atoms with Gasteiger partial charge in [0.15, 0.2) is 5.16 Å². The fourth-order valence-corrected chi connectivity index (χ4v) is 4.74. The van der Waals surface area contributed by atoms with Gasteiger partial charge in [0.1, 0.15) is 11.6 Å². The van der Waals surface area contributed by atoms with E-state index in [1.807, 2.05) is 60.7 Å². The van der Waals surface area contributed by atoms with Crippen LogP contribution in [0.3, 0.4) is 0 Å². The van der Waals surface area contributed by atoms with Gasteiger partial charge in [-0.15, -0.1) is 5.10 Å². The maximum Gasteiger partial charge on any atom is 0.343 e. The van der Waals surface area contributed by atoms with Gasteiger partial charge in [0, 0.05) is 29.0 Å². The summed E-state index contributed by atoms with van der Waals surface area (Å²) in [6, 6.07) is 22.5. The van der Waals surface area contributed by atoms with Crippen LogP contribution in [-0.2, 0) is 30.1 Å². The number of benzene rings is 3. The summed E-state index contributed by atoms with van der Waals surface area (Å²) in [5, 5.41) is 7.25. The monoisotopic (exact) mass is 463 g/mol. The van der Waals surface area contributed by atoms with Crippen molar-refractivity contribution in [2.24, 2.45) is 0 Å². The highest BCUT2D eigenvalue weighted by atomic mass is 32.2. The van der Waals surface area contributed by atoms with Crippen LogP contribution < -0.4 is 10.4 Å². The number of nitrogens with zero attached hydrogens (tertiary/aromatic N) is 2. The van der Waals surface area contributed by atoms with E-state index in [4.69, 9.17) is 9.47 Å². The van der Waals surface area contributed by atoms with Crippen LogP contribution in [0.4, 0.5) is 4.39 Å². The number of aryl methyl sites for hydroxylation is 1. The van der Waals surface area contributed by atoms with E-state index in [0.717, 1.165) is 11.1 Å². The molecule has 1 N–H and O–H groups in total. The lowest BCUT2D eigenvalue weighted by Gasteiger charge is -2.28. The zero-order valence-electron chi connectivity index (χ0n) is 17.7. The lowest BCUT2D eigenvalue weighted by molar-refractivity contribution is -0.112. The van der Waals surface area contributed by atoms with Crippen molar-refractivity contribution in [3.63, 3.8) is 0 Å². The highest BCUT2D eigenvalue weighted by Gasteiger charge is 2.25. The Morgan fingerprint density at radius 2 is 1.85 bits per heavy atom. The molecule has 0 saturated carbocycles. The van der Waals surface area contributed by atoms with Crippen molar-refractivity contribution < 1.29 is 13.9 Å². The van der Waals surface area contributed by atoms with Crippen molar-refractivity contribution in [2.75, 3.05) is 0 Å². The average molecular weight is 464 g/mol. The molecule has 1 unspecified atom stereocenters. The minimum absolute atomic E-state index is 0.258. The third kappa shape index (κ3) is 4.86. The van der Waals surface area contributed by atoms with Gasteiger partial charge in [0.05, 0.1) is 6.61 Å². The molecule has 1 aliphatic rings. The Balaban J connectivity index is 1.34. The van der Waals surface area contributed by atoms with Crippen molar-refractivity contribution in [1.29, 1.82) is 0 Å². The number of thioether (sulfide) groups is 1. The van der Waals surface area contributed by atoms with Crippen molar-refractivity contribution in [1.82, 2.24) is 14.8 Å². The first-order valence-electron chi connectivity index (χ1n) is 10.6. The average Bonchev–Trinajstić information content (AvgIpc) is 3.21. The van der Waals surface area contributed by atoms with E-state index in [1.165, 1.54) is 23.9 Å². The Morgan fingerprint density at radius 3 is 2.64 bits per heavy atom. The number of ether oxygens (including phenoxy) is 2. The van der Waals surface area contributed by atoms with E-state index in [-0.39, 0.29) is 18.1 Å². The van der Waals surface area contributed by atoms with Crippen LogP contribution in [0.5, 0.6) is 5.75 Å². The predicted molar refractivity (Wildman–Crippen MR) is 124 cm³/mol. The first-order chi connectivity index (χ1) is 16.2. The van der Waals surface area contributed by atoms with Gasteiger partial charge >= 0.3 is 5.69 Å². The second kappa shape index (κ2) is 9.64. The molecule has 0 amide bonds. The molecule has 0 fully saturated rings. The highest BCUT2D eigenvalue weighted by Crippen LogP contribution is 2.38. The minimum atomic E-state index is -0.553. The Hall–Kier alpha value is -3.36. The molecule has 168 valence electrons. The van der Waals surface area contributed by atoms with Gasteiger partial charge in [-0.1, -0.05) is 72.4 Å². The fraction of sp³-hybridized carbons (Fsp3) is 0.200. The van der Waals surface area contributed by atoms with Gasteiger partial charge in [-0.3, -0.25) is 4.57 Å². The molecule has 4 aromatic rings. The maximum absolute atomic E-state index is 14.3. The summed E-state index contributed by atoms with van der Waals surface area (Å²) in [5.74, 6) is 0.674. The minimum Gasteiger partial charge on any atom is -0.460 e. The number of halogens is 1.